The van der Waals surface area contributed by atoms with Crippen LogP contribution in [-0.4, -0.2) is 25.8 Å². The van der Waals surface area contributed by atoms with E-state index in [0.29, 0.717) is 13.1 Å². The first-order valence-corrected chi connectivity index (χ1v) is 8.13. The number of nitrogens with two attached hydrogens (primary N) is 1. The van der Waals surface area contributed by atoms with E-state index in [9.17, 15) is 12.8 Å². The SMILES string of the molecule is CC(C)CN(CC(C)C)S(=O)(=O)c1ccc(N)cc1F. The molecule has 0 unspecified atom stereocenters. The molecule has 1 aromatic carbocycles. The highest BCUT2D eigenvalue weighted by Gasteiger charge is 2.28. The van der Waals surface area contributed by atoms with E-state index in [4.69, 9.17) is 5.73 Å². The van der Waals surface area contributed by atoms with Crippen molar-refractivity contribution >= 4 is 15.7 Å². The predicted molar refractivity (Wildman–Crippen MR) is 79.2 cm³/mol. The van der Waals surface area contributed by atoms with Crippen LogP contribution < -0.4 is 5.73 Å². The van der Waals surface area contributed by atoms with Gasteiger partial charge in [0.15, 0.2) is 0 Å². The number of halogens is 1. The van der Waals surface area contributed by atoms with Gasteiger partial charge in [0.2, 0.25) is 10.0 Å². The average Bonchev–Trinajstić information content (AvgIpc) is 2.26. The minimum atomic E-state index is -3.84. The molecule has 0 heterocycles. The summed E-state index contributed by atoms with van der Waals surface area (Å²) in [7, 11) is -3.84. The number of nitrogens with zero attached hydrogens (tertiary/aromatic N) is 1. The Morgan fingerprint density at radius 2 is 1.65 bits per heavy atom. The molecule has 1 aromatic rings. The highest BCUT2D eigenvalue weighted by molar-refractivity contribution is 7.89. The molecule has 0 saturated carbocycles. The van der Waals surface area contributed by atoms with E-state index in [1.165, 1.54) is 16.4 Å². The van der Waals surface area contributed by atoms with E-state index < -0.39 is 15.8 Å². The Bertz CT molecular complexity index is 546. The predicted octanol–water partition coefficient (Wildman–Crippen LogP) is 2.71. The Kier molecular flexibility index (Phi) is 5.53. The Morgan fingerprint density at radius 1 is 1.15 bits per heavy atom. The van der Waals surface area contributed by atoms with Gasteiger partial charge in [0.05, 0.1) is 0 Å². The zero-order chi connectivity index (χ0) is 15.5. The van der Waals surface area contributed by atoms with Crippen molar-refractivity contribution in [3.8, 4) is 0 Å². The van der Waals surface area contributed by atoms with Crippen molar-refractivity contribution in [3.05, 3.63) is 24.0 Å². The molecule has 4 nitrogen and oxygen atoms in total. The molecular weight excluding hydrogens is 279 g/mol. The first-order chi connectivity index (χ1) is 9.14. The minimum Gasteiger partial charge on any atom is -0.399 e. The molecule has 0 aliphatic rings. The molecule has 0 aliphatic heterocycles. The van der Waals surface area contributed by atoms with Crippen LogP contribution in [0.4, 0.5) is 10.1 Å². The third-order valence-corrected chi connectivity index (χ3v) is 4.58. The fourth-order valence-corrected chi connectivity index (χ4v) is 3.76. The van der Waals surface area contributed by atoms with Gasteiger partial charge in [0.1, 0.15) is 10.7 Å². The third kappa shape index (κ3) is 4.18. The summed E-state index contributed by atoms with van der Waals surface area (Å²) in [6, 6.07) is 3.67. The van der Waals surface area contributed by atoms with Gasteiger partial charge in [-0.3, -0.25) is 0 Å². The molecule has 0 bridgehead atoms. The van der Waals surface area contributed by atoms with Gasteiger partial charge < -0.3 is 5.73 Å². The van der Waals surface area contributed by atoms with Crippen molar-refractivity contribution in [2.75, 3.05) is 18.8 Å². The molecule has 6 heteroatoms. The van der Waals surface area contributed by atoms with Gasteiger partial charge in [-0.1, -0.05) is 27.7 Å². The second-order valence-corrected chi connectivity index (χ2v) is 7.71. The summed E-state index contributed by atoms with van der Waals surface area (Å²) in [5, 5.41) is 0. The van der Waals surface area contributed by atoms with Gasteiger partial charge in [-0.25, -0.2) is 12.8 Å². The molecule has 114 valence electrons. The zero-order valence-electron chi connectivity index (χ0n) is 12.4. The molecule has 0 saturated heterocycles. The lowest BCUT2D eigenvalue weighted by atomic mass is 10.2. The zero-order valence-corrected chi connectivity index (χ0v) is 13.2. The molecule has 0 atom stereocenters. The molecule has 20 heavy (non-hydrogen) atoms. The normalized spacial score (nSPS) is 12.6. The maximum absolute atomic E-state index is 13.9. The van der Waals surface area contributed by atoms with Crippen LogP contribution in [0.25, 0.3) is 0 Å². The summed E-state index contributed by atoms with van der Waals surface area (Å²) in [4.78, 5) is -0.312. The van der Waals surface area contributed by atoms with Crippen LogP contribution in [0.1, 0.15) is 27.7 Å². The first-order valence-electron chi connectivity index (χ1n) is 6.69. The fraction of sp³-hybridized carbons (Fsp3) is 0.571. The maximum Gasteiger partial charge on any atom is 0.246 e. The number of anilines is 1. The summed E-state index contributed by atoms with van der Waals surface area (Å²) in [5.41, 5.74) is 5.67. The summed E-state index contributed by atoms with van der Waals surface area (Å²) in [6.07, 6.45) is 0. The summed E-state index contributed by atoms with van der Waals surface area (Å²) in [6.45, 7) is 8.46. The number of hydrogen-bond donors (Lipinski definition) is 1. The third-order valence-electron chi connectivity index (χ3n) is 2.71. The molecule has 0 spiro atoms. The van der Waals surface area contributed by atoms with Gasteiger partial charge in [-0.2, -0.15) is 4.31 Å². The van der Waals surface area contributed by atoms with Crippen LogP contribution in [0.15, 0.2) is 23.1 Å². The minimum absolute atomic E-state index is 0.167. The van der Waals surface area contributed by atoms with E-state index in [1.807, 2.05) is 27.7 Å². The topological polar surface area (TPSA) is 63.4 Å². The van der Waals surface area contributed by atoms with Gasteiger partial charge >= 0.3 is 0 Å². The Hall–Kier alpha value is -1.14. The van der Waals surface area contributed by atoms with Crippen molar-refractivity contribution in [2.24, 2.45) is 11.8 Å². The van der Waals surface area contributed by atoms with Crippen LogP contribution in [-0.2, 0) is 10.0 Å². The van der Waals surface area contributed by atoms with Crippen LogP contribution in [0, 0.1) is 17.7 Å². The van der Waals surface area contributed by atoms with Crippen molar-refractivity contribution in [3.63, 3.8) is 0 Å². The fourth-order valence-electron chi connectivity index (χ4n) is 1.95. The van der Waals surface area contributed by atoms with E-state index in [-0.39, 0.29) is 22.4 Å². The smallest absolute Gasteiger partial charge is 0.246 e. The molecule has 1 rings (SSSR count). The highest BCUT2D eigenvalue weighted by atomic mass is 32.2. The summed E-state index contributed by atoms with van der Waals surface area (Å²) >= 11 is 0. The molecule has 0 aliphatic carbocycles. The van der Waals surface area contributed by atoms with E-state index in [1.54, 1.807) is 0 Å². The molecule has 2 N–H and O–H groups in total. The molecular formula is C14H23FN2O2S. The van der Waals surface area contributed by atoms with Crippen LogP contribution in [0.3, 0.4) is 0 Å². The number of rotatable bonds is 6. The first kappa shape index (κ1) is 16.9. The van der Waals surface area contributed by atoms with Gasteiger partial charge in [-0.05, 0) is 30.0 Å². The van der Waals surface area contributed by atoms with Crippen LogP contribution >= 0.6 is 0 Å². The largest absolute Gasteiger partial charge is 0.399 e. The van der Waals surface area contributed by atoms with Crippen LogP contribution in [0.2, 0.25) is 0 Å². The van der Waals surface area contributed by atoms with Crippen molar-refractivity contribution in [1.82, 2.24) is 4.31 Å². The molecule has 0 aromatic heterocycles. The van der Waals surface area contributed by atoms with Gasteiger partial charge in [0, 0.05) is 18.8 Å². The van der Waals surface area contributed by atoms with Gasteiger partial charge in [0.25, 0.3) is 0 Å². The standard InChI is InChI=1S/C14H23FN2O2S/c1-10(2)8-17(9-11(3)4)20(18,19)14-6-5-12(16)7-13(14)15/h5-7,10-11H,8-9,16H2,1-4H3. The summed E-state index contributed by atoms with van der Waals surface area (Å²) in [5.74, 6) is -0.469. The van der Waals surface area contributed by atoms with E-state index >= 15 is 0 Å². The second-order valence-electron chi connectivity index (χ2n) is 5.80. The molecule has 0 amide bonds. The Balaban J connectivity index is 3.21. The lowest BCUT2D eigenvalue weighted by Gasteiger charge is -2.25. The Labute approximate surface area is 120 Å². The van der Waals surface area contributed by atoms with Crippen molar-refractivity contribution < 1.29 is 12.8 Å². The number of hydrogen-bond acceptors (Lipinski definition) is 3. The number of benzene rings is 1. The van der Waals surface area contributed by atoms with Crippen molar-refractivity contribution in [1.29, 1.82) is 0 Å². The molecule has 0 fully saturated rings. The highest BCUT2D eigenvalue weighted by Crippen LogP contribution is 2.23. The average molecular weight is 302 g/mol. The monoisotopic (exact) mass is 302 g/mol. The van der Waals surface area contributed by atoms with E-state index in [0.717, 1.165) is 6.07 Å². The van der Waals surface area contributed by atoms with Gasteiger partial charge in [-0.15, -0.1) is 0 Å². The Morgan fingerprint density at radius 3 is 2.05 bits per heavy atom. The van der Waals surface area contributed by atoms with Crippen LogP contribution in [0.5, 0.6) is 0 Å². The quantitative estimate of drug-likeness (QED) is 0.822. The number of nitrogen functional groups attached to an aromatic ring is 1. The second kappa shape index (κ2) is 6.54. The maximum atomic E-state index is 13.9. The van der Waals surface area contributed by atoms with Crippen molar-refractivity contribution in [2.45, 2.75) is 32.6 Å². The summed E-state index contributed by atoms with van der Waals surface area (Å²) < 4.78 is 40.4. The number of sulfonamides is 1. The molecule has 0 radical (unpaired) electrons. The lowest BCUT2D eigenvalue weighted by Crippen LogP contribution is -2.37. The van der Waals surface area contributed by atoms with E-state index in [2.05, 4.69) is 0 Å². The lowest BCUT2D eigenvalue weighted by molar-refractivity contribution is 0.332.